The van der Waals surface area contributed by atoms with Crippen molar-refractivity contribution in [3.63, 3.8) is 0 Å². The smallest absolute Gasteiger partial charge is 0.303 e. The van der Waals surface area contributed by atoms with E-state index in [2.05, 4.69) is 0 Å². The van der Waals surface area contributed by atoms with E-state index >= 15 is 0 Å². The van der Waals surface area contributed by atoms with E-state index in [1.165, 1.54) is 5.56 Å². The Balaban J connectivity index is 2.44. The fraction of sp³-hybridized carbons (Fsp3) is 0.500. The summed E-state index contributed by atoms with van der Waals surface area (Å²) in [4.78, 5) is 10.3. The highest BCUT2D eigenvalue weighted by atomic mass is 19.1. The number of carboxylic acids is 1. The van der Waals surface area contributed by atoms with Gasteiger partial charge in [-0.1, -0.05) is 6.42 Å². The highest BCUT2D eigenvalue weighted by Crippen LogP contribution is 2.18. The summed E-state index contributed by atoms with van der Waals surface area (Å²) in [7, 11) is 0. The highest BCUT2D eigenvalue weighted by molar-refractivity contribution is 5.66. The van der Waals surface area contributed by atoms with Crippen LogP contribution in [-0.4, -0.2) is 11.1 Å². The number of unbranched alkanes of at least 4 members (excludes halogenated alkanes) is 2. The van der Waals surface area contributed by atoms with Crippen LogP contribution in [0.25, 0.3) is 0 Å². The second kappa shape index (κ2) is 6.38. The lowest BCUT2D eigenvalue weighted by Gasteiger charge is -2.09. The van der Waals surface area contributed by atoms with Crippen molar-refractivity contribution < 1.29 is 14.3 Å². The van der Waals surface area contributed by atoms with E-state index in [0.717, 1.165) is 30.4 Å². The van der Waals surface area contributed by atoms with Gasteiger partial charge in [0.1, 0.15) is 5.82 Å². The quantitative estimate of drug-likeness (QED) is 0.768. The van der Waals surface area contributed by atoms with E-state index in [4.69, 9.17) is 5.11 Å². The summed E-state index contributed by atoms with van der Waals surface area (Å²) in [5.41, 5.74) is 3.17. The zero-order valence-corrected chi connectivity index (χ0v) is 10.4. The topological polar surface area (TPSA) is 37.3 Å². The van der Waals surface area contributed by atoms with E-state index < -0.39 is 5.97 Å². The van der Waals surface area contributed by atoms with E-state index in [0.29, 0.717) is 6.42 Å². The van der Waals surface area contributed by atoms with Crippen molar-refractivity contribution in [1.82, 2.24) is 0 Å². The van der Waals surface area contributed by atoms with Gasteiger partial charge >= 0.3 is 5.97 Å². The molecule has 0 atom stereocenters. The van der Waals surface area contributed by atoms with Gasteiger partial charge in [-0.05, 0) is 61.9 Å². The van der Waals surface area contributed by atoms with E-state index in [1.54, 1.807) is 12.1 Å². The number of aryl methyl sites for hydroxylation is 2. The van der Waals surface area contributed by atoms with E-state index in [1.807, 2.05) is 13.8 Å². The first-order chi connectivity index (χ1) is 8.00. The number of hydrogen-bond donors (Lipinski definition) is 1. The van der Waals surface area contributed by atoms with Crippen LogP contribution in [-0.2, 0) is 11.2 Å². The Kier molecular flexibility index (Phi) is 5.13. The van der Waals surface area contributed by atoms with Crippen LogP contribution >= 0.6 is 0 Å². The molecule has 3 heteroatoms. The molecular weight excluding hydrogens is 219 g/mol. The first-order valence-electron chi connectivity index (χ1n) is 5.98. The van der Waals surface area contributed by atoms with Gasteiger partial charge in [-0.25, -0.2) is 4.39 Å². The first-order valence-corrected chi connectivity index (χ1v) is 5.98. The first kappa shape index (κ1) is 13.7. The molecule has 0 fully saturated rings. The molecule has 1 aromatic rings. The largest absolute Gasteiger partial charge is 0.481 e. The van der Waals surface area contributed by atoms with Gasteiger partial charge in [0, 0.05) is 6.42 Å². The van der Waals surface area contributed by atoms with Crippen LogP contribution in [0.1, 0.15) is 42.4 Å². The molecule has 0 heterocycles. The molecule has 0 spiro atoms. The second-order valence-electron chi connectivity index (χ2n) is 4.47. The number of hydrogen-bond acceptors (Lipinski definition) is 1. The molecule has 0 aromatic heterocycles. The molecule has 0 unspecified atom stereocenters. The van der Waals surface area contributed by atoms with Crippen molar-refractivity contribution in [3.05, 3.63) is 34.6 Å². The van der Waals surface area contributed by atoms with Crippen LogP contribution in [0.2, 0.25) is 0 Å². The van der Waals surface area contributed by atoms with Crippen molar-refractivity contribution >= 4 is 5.97 Å². The lowest BCUT2D eigenvalue weighted by Crippen LogP contribution is -1.97. The molecule has 2 nitrogen and oxygen atoms in total. The number of benzene rings is 1. The molecule has 1 N–H and O–H groups in total. The Morgan fingerprint density at radius 1 is 1.18 bits per heavy atom. The molecule has 1 aromatic carbocycles. The maximum Gasteiger partial charge on any atom is 0.303 e. The molecular formula is C14H19FO2. The van der Waals surface area contributed by atoms with Crippen LogP contribution in [0.4, 0.5) is 4.39 Å². The van der Waals surface area contributed by atoms with Gasteiger partial charge < -0.3 is 5.11 Å². The zero-order chi connectivity index (χ0) is 12.8. The monoisotopic (exact) mass is 238 g/mol. The summed E-state index contributed by atoms with van der Waals surface area (Å²) in [5.74, 6) is -0.922. The summed E-state index contributed by atoms with van der Waals surface area (Å²) in [5, 5.41) is 8.51. The van der Waals surface area contributed by atoms with Crippen molar-refractivity contribution in [2.24, 2.45) is 0 Å². The third kappa shape index (κ3) is 4.55. The number of carboxylic acid groups (broad SMARTS) is 1. The van der Waals surface area contributed by atoms with Crippen molar-refractivity contribution in [3.8, 4) is 0 Å². The third-order valence-electron chi connectivity index (χ3n) is 2.98. The van der Waals surface area contributed by atoms with Gasteiger partial charge in [0.15, 0.2) is 0 Å². The Morgan fingerprint density at radius 2 is 1.76 bits per heavy atom. The Labute approximate surface area is 101 Å². The normalized spacial score (nSPS) is 10.5. The Hall–Kier alpha value is -1.38. The minimum Gasteiger partial charge on any atom is -0.481 e. The summed E-state index contributed by atoms with van der Waals surface area (Å²) < 4.78 is 13.1. The van der Waals surface area contributed by atoms with Gasteiger partial charge in [0.05, 0.1) is 0 Å². The fourth-order valence-electron chi connectivity index (χ4n) is 2.09. The van der Waals surface area contributed by atoms with Crippen molar-refractivity contribution in [2.75, 3.05) is 0 Å². The summed E-state index contributed by atoms with van der Waals surface area (Å²) in [6.45, 7) is 3.84. The Morgan fingerprint density at radius 3 is 2.29 bits per heavy atom. The SMILES string of the molecule is Cc1cc(F)cc(C)c1CCCCCC(=O)O. The highest BCUT2D eigenvalue weighted by Gasteiger charge is 2.05. The maximum atomic E-state index is 13.1. The predicted octanol–water partition coefficient (Wildman–Crippen LogP) is 3.63. The zero-order valence-electron chi connectivity index (χ0n) is 10.4. The van der Waals surface area contributed by atoms with Gasteiger partial charge in [-0.2, -0.15) is 0 Å². The lowest BCUT2D eigenvalue weighted by atomic mass is 9.97. The van der Waals surface area contributed by atoms with Crippen LogP contribution in [0.3, 0.4) is 0 Å². The summed E-state index contributed by atoms with van der Waals surface area (Å²) in [6.07, 6.45) is 3.72. The molecule has 0 aliphatic carbocycles. The number of aliphatic carboxylic acids is 1. The number of carbonyl (C=O) groups is 1. The van der Waals surface area contributed by atoms with Crippen LogP contribution in [0, 0.1) is 19.7 Å². The van der Waals surface area contributed by atoms with Crippen LogP contribution < -0.4 is 0 Å². The van der Waals surface area contributed by atoms with E-state index in [9.17, 15) is 9.18 Å². The molecule has 0 aliphatic rings. The standard InChI is InChI=1S/C14H19FO2/c1-10-8-12(15)9-11(2)13(10)6-4-3-5-7-14(16)17/h8-9H,3-7H2,1-2H3,(H,16,17). The fourth-order valence-corrected chi connectivity index (χ4v) is 2.09. The lowest BCUT2D eigenvalue weighted by molar-refractivity contribution is -0.137. The number of rotatable bonds is 6. The molecule has 94 valence electrons. The van der Waals surface area contributed by atoms with Crippen LogP contribution in [0.5, 0.6) is 0 Å². The van der Waals surface area contributed by atoms with Gasteiger partial charge in [-0.15, -0.1) is 0 Å². The van der Waals surface area contributed by atoms with Gasteiger partial charge in [0.2, 0.25) is 0 Å². The molecule has 17 heavy (non-hydrogen) atoms. The third-order valence-corrected chi connectivity index (χ3v) is 2.98. The van der Waals surface area contributed by atoms with Gasteiger partial charge in [-0.3, -0.25) is 4.79 Å². The molecule has 0 amide bonds. The predicted molar refractivity (Wildman–Crippen MR) is 65.7 cm³/mol. The van der Waals surface area contributed by atoms with Crippen molar-refractivity contribution in [1.29, 1.82) is 0 Å². The summed E-state index contributed by atoms with van der Waals surface area (Å²) >= 11 is 0. The molecule has 0 radical (unpaired) electrons. The second-order valence-corrected chi connectivity index (χ2v) is 4.47. The van der Waals surface area contributed by atoms with Crippen molar-refractivity contribution in [2.45, 2.75) is 46.0 Å². The molecule has 0 saturated carbocycles. The minimum absolute atomic E-state index is 0.186. The van der Waals surface area contributed by atoms with Crippen LogP contribution in [0.15, 0.2) is 12.1 Å². The maximum absolute atomic E-state index is 13.1. The molecule has 0 bridgehead atoms. The molecule has 1 rings (SSSR count). The average Bonchev–Trinajstić information content (AvgIpc) is 2.20. The minimum atomic E-state index is -0.737. The van der Waals surface area contributed by atoms with E-state index in [-0.39, 0.29) is 12.2 Å². The average molecular weight is 238 g/mol. The summed E-state index contributed by atoms with van der Waals surface area (Å²) in [6, 6.07) is 3.11. The van der Waals surface area contributed by atoms with Gasteiger partial charge in [0.25, 0.3) is 0 Å². The number of halogens is 1. The molecule has 0 aliphatic heterocycles. The Bertz CT molecular complexity index is 376. The molecule has 0 saturated heterocycles.